The number of hydrogen-bond acceptors (Lipinski definition) is 1. The molecule has 1 nitrogen and oxygen atoms in total. The summed E-state index contributed by atoms with van der Waals surface area (Å²) in [6, 6.07) is 5.50. The molecule has 1 unspecified atom stereocenters. The summed E-state index contributed by atoms with van der Waals surface area (Å²) < 4.78 is 13.7. The van der Waals surface area contributed by atoms with Crippen LogP contribution in [-0.4, -0.2) is 7.05 Å². The second-order valence-corrected chi connectivity index (χ2v) is 4.90. The second-order valence-electron chi connectivity index (χ2n) is 4.90. The predicted molar refractivity (Wildman–Crippen MR) is 60.3 cm³/mol. The van der Waals surface area contributed by atoms with Gasteiger partial charge in [0.15, 0.2) is 0 Å². The second kappa shape index (κ2) is 3.60. The maximum absolute atomic E-state index is 13.7. The average molecular weight is 207 g/mol. The van der Waals surface area contributed by atoms with Crippen molar-refractivity contribution in [1.29, 1.82) is 0 Å². The van der Waals surface area contributed by atoms with Crippen LogP contribution >= 0.6 is 0 Å². The molecule has 1 N–H and O–H groups in total. The number of hydrogen-bond donors (Lipinski definition) is 1. The summed E-state index contributed by atoms with van der Waals surface area (Å²) in [5, 5.41) is 3.25. The quantitative estimate of drug-likeness (QED) is 0.802. The van der Waals surface area contributed by atoms with Gasteiger partial charge in [-0.1, -0.05) is 24.6 Å². The predicted octanol–water partition coefficient (Wildman–Crippen LogP) is 3.19. The first-order valence-electron chi connectivity index (χ1n) is 5.50. The minimum absolute atomic E-state index is 0.0897. The summed E-state index contributed by atoms with van der Waals surface area (Å²) >= 11 is 0. The normalized spacial score (nSPS) is 20.0. The van der Waals surface area contributed by atoms with Crippen LogP contribution in [0.3, 0.4) is 0 Å². The standard InChI is InChI=1S/C13H18FN/c1-9-4-5-11(14)10(8-9)12(15-3)13(2)6-7-13/h4-5,8,12,15H,6-7H2,1-3H3. The molecule has 1 atom stereocenters. The maximum atomic E-state index is 13.7. The molecule has 0 aliphatic heterocycles. The first kappa shape index (κ1) is 10.6. The van der Waals surface area contributed by atoms with Gasteiger partial charge in [0.1, 0.15) is 5.82 Å². The highest BCUT2D eigenvalue weighted by molar-refractivity contribution is 5.29. The Morgan fingerprint density at radius 1 is 1.40 bits per heavy atom. The fourth-order valence-electron chi connectivity index (χ4n) is 2.25. The van der Waals surface area contributed by atoms with Crippen molar-refractivity contribution in [1.82, 2.24) is 5.32 Å². The van der Waals surface area contributed by atoms with Crippen molar-refractivity contribution in [3.05, 3.63) is 35.1 Å². The Morgan fingerprint density at radius 3 is 2.60 bits per heavy atom. The summed E-state index contributed by atoms with van der Waals surface area (Å²) in [5.74, 6) is -0.0897. The molecule has 1 fully saturated rings. The van der Waals surface area contributed by atoms with Crippen LogP contribution < -0.4 is 5.32 Å². The molecule has 1 aliphatic carbocycles. The minimum atomic E-state index is -0.0897. The van der Waals surface area contributed by atoms with E-state index >= 15 is 0 Å². The Labute approximate surface area is 90.7 Å². The zero-order chi connectivity index (χ0) is 11.1. The van der Waals surface area contributed by atoms with E-state index in [1.54, 1.807) is 6.07 Å². The zero-order valence-corrected chi connectivity index (χ0v) is 9.60. The molecule has 1 saturated carbocycles. The van der Waals surface area contributed by atoms with E-state index in [1.165, 1.54) is 12.8 Å². The smallest absolute Gasteiger partial charge is 0.128 e. The highest BCUT2D eigenvalue weighted by Gasteiger charge is 2.45. The van der Waals surface area contributed by atoms with Gasteiger partial charge in [-0.2, -0.15) is 0 Å². The van der Waals surface area contributed by atoms with Crippen LogP contribution in [-0.2, 0) is 0 Å². The van der Waals surface area contributed by atoms with E-state index in [0.717, 1.165) is 11.1 Å². The van der Waals surface area contributed by atoms with Crippen molar-refractivity contribution in [2.45, 2.75) is 32.7 Å². The molecule has 2 heteroatoms. The fraction of sp³-hybridized carbons (Fsp3) is 0.538. The van der Waals surface area contributed by atoms with Crippen LogP contribution in [0.25, 0.3) is 0 Å². The van der Waals surface area contributed by atoms with Gasteiger partial charge < -0.3 is 5.32 Å². The molecule has 0 bridgehead atoms. The van der Waals surface area contributed by atoms with Crippen LogP contribution in [0.15, 0.2) is 18.2 Å². The number of rotatable bonds is 3. The molecule has 0 spiro atoms. The van der Waals surface area contributed by atoms with Crippen LogP contribution in [0.5, 0.6) is 0 Å². The van der Waals surface area contributed by atoms with Gasteiger partial charge in [-0.05, 0) is 38.3 Å². The summed E-state index contributed by atoms with van der Waals surface area (Å²) in [6.07, 6.45) is 2.37. The van der Waals surface area contributed by atoms with E-state index in [0.29, 0.717) is 0 Å². The Balaban J connectivity index is 2.37. The highest BCUT2D eigenvalue weighted by atomic mass is 19.1. The minimum Gasteiger partial charge on any atom is -0.312 e. The molecule has 0 aromatic heterocycles. The van der Waals surface area contributed by atoms with Gasteiger partial charge in [0, 0.05) is 11.6 Å². The van der Waals surface area contributed by atoms with Crippen molar-refractivity contribution in [2.24, 2.45) is 5.41 Å². The SMILES string of the molecule is CNC(c1cc(C)ccc1F)C1(C)CC1. The van der Waals surface area contributed by atoms with Gasteiger partial charge in [-0.15, -0.1) is 0 Å². The van der Waals surface area contributed by atoms with E-state index < -0.39 is 0 Å². The monoisotopic (exact) mass is 207 g/mol. The lowest BCUT2D eigenvalue weighted by atomic mass is 9.91. The number of benzene rings is 1. The number of halogens is 1. The van der Waals surface area contributed by atoms with Crippen molar-refractivity contribution in [2.75, 3.05) is 7.05 Å². The van der Waals surface area contributed by atoms with Crippen LogP contribution in [0.1, 0.15) is 36.9 Å². The van der Waals surface area contributed by atoms with Crippen molar-refractivity contribution in [3.8, 4) is 0 Å². The van der Waals surface area contributed by atoms with Gasteiger partial charge in [-0.25, -0.2) is 4.39 Å². The van der Waals surface area contributed by atoms with Crippen molar-refractivity contribution >= 4 is 0 Å². The Bertz CT molecular complexity index is 369. The van der Waals surface area contributed by atoms with E-state index in [-0.39, 0.29) is 17.3 Å². The number of aryl methyl sites for hydroxylation is 1. The lowest BCUT2D eigenvalue weighted by Crippen LogP contribution is -2.25. The lowest BCUT2D eigenvalue weighted by Gasteiger charge is -2.24. The third-order valence-electron chi connectivity index (χ3n) is 3.49. The summed E-state index contributed by atoms with van der Waals surface area (Å²) in [7, 11) is 1.91. The number of nitrogens with one attached hydrogen (secondary N) is 1. The lowest BCUT2D eigenvalue weighted by molar-refractivity contribution is 0.377. The largest absolute Gasteiger partial charge is 0.312 e. The molecule has 0 heterocycles. The maximum Gasteiger partial charge on any atom is 0.128 e. The first-order valence-corrected chi connectivity index (χ1v) is 5.50. The molecule has 15 heavy (non-hydrogen) atoms. The molecule has 1 aromatic rings. The van der Waals surface area contributed by atoms with Crippen LogP contribution in [0.4, 0.5) is 4.39 Å². The molecular formula is C13H18FN. The fourth-order valence-corrected chi connectivity index (χ4v) is 2.25. The first-order chi connectivity index (χ1) is 7.07. The summed E-state index contributed by atoms with van der Waals surface area (Å²) in [5.41, 5.74) is 2.19. The van der Waals surface area contributed by atoms with Crippen LogP contribution in [0.2, 0.25) is 0 Å². The van der Waals surface area contributed by atoms with Crippen molar-refractivity contribution in [3.63, 3.8) is 0 Å². The topological polar surface area (TPSA) is 12.0 Å². The van der Waals surface area contributed by atoms with Crippen molar-refractivity contribution < 1.29 is 4.39 Å². The summed E-state index contributed by atoms with van der Waals surface area (Å²) in [6.45, 7) is 4.22. The zero-order valence-electron chi connectivity index (χ0n) is 9.60. The van der Waals surface area contributed by atoms with E-state index in [2.05, 4.69) is 12.2 Å². The van der Waals surface area contributed by atoms with Gasteiger partial charge in [0.25, 0.3) is 0 Å². The Kier molecular flexibility index (Phi) is 2.55. The molecule has 2 rings (SSSR count). The third-order valence-corrected chi connectivity index (χ3v) is 3.49. The Hall–Kier alpha value is -0.890. The average Bonchev–Trinajstić information content (AvgIpc) is 2.92. The summed E-state index contributed by atoms with van der Waals surface area (Å²) in [4.78, 5) is 0. The van der Waals surface area contributed by atoms with Crippen LogP contribution in [0, 0.1) is 18.2 Å². The Morgan fingerprint density at radius 2 is 2.07 bits per heavy atom. The van der Waals surface area contributed by atoms with E-state index in [1.807, 2.05) is 26.1 Å². The molecule has 0 amide bonds. The molecular weight excluding hydrogens is 189 g/mol. The van der Waals surface area contributed by atoms with Gasteiger partial charge >= 0.3 is 0 Å². The molecule has 0 radical (unpaired) electrons. The molecule has 1 aromatic carbocycles. The van der Waals surface area contributed by atoms with E-state index in [4.69, 9.17) is 0 Å². The molecule has 82 valence electrons. The molecule has 1 aliphatic rings. The molecule has 0 saturated heterocycles. The highest BCUT2D eigenvalue weighted by Crippen LogP contribution is 2.54. The van der Waals surface area contributed by atoms with Gasteiger partial charge in [0.2, 0.25) is 0 Å². The van der Waals surface area contributed by atoms with E-state index in [9.17, 15) is 4.39 Å². The third kappa shape index (κ3) is 1.91. The van der Waals surface area contributed by atoms with Gasteiger partial charge in [-0.3, -0.25) is 0 Å². The van der Waals surface area contributed by atoms with Gasteiger partial charge in [0.05, 0.1) is 0 Å².